The van der Waals surface area contributed by atoms with Crippen LogP contribution in [0.25, 0.3) is 6.08 Å². The molecule has 0 radical (unpaired) electrons. The third-order valence-corrected chi connectivity index (χ3v) is 2.50. The number of thiophene rings is 1. The van der Waals surface area contributed by atoms with Crippen LogP contribution < -0.4 is 0 Å². The molecule has 0 saturated heterocycles. The SMILES string of the molecule is CN(C)C/C=C\c1cccs1.O=C(O)/C=C/C(=O)O. The van der Waals surface area contributed by atoms with Crippen LogP contribution in [-0.2, 0) is 9.59 Å². The summed E-state index contributed by atoms with van der Waals surface area (Å²) in [6.45, 7) is 1.01. The summed E-state index contributed by atoms with van der Waals surface area (Å²) in [4.78, 5) is 22.6. The van der Waals surface area contributed by atoms with Crippen molar-refractivity contribution >= 4 is 29.4 Å². The Labute approximate surface area is 116 Å². The standard InChI is InChI=1S/C9H13NS.C4H4O4/c1-10(2)7-3-5-9-6-4-8-11-9;5-3(6)1-2-4(7)8/h3-6,8H,7H2,1-2H3;1-2H,(H,5,6)(H,7,8)/b5-3-;2-1+. The van der Waals surface area contributed by atoms with Gasteiger partial charge in [0.2, 0.25) is 0 Å². The van der Waals surface area contributed by atoms with E-state index in [0.29, 0.717) is 12.2 Å². The molecule has 0 aliphatic heterocycles. The molecule has 1 rings (SSSR count). The smallest absolute Gasteiger partial charge is 0.328 e. The van der Waals surface area contributed by atoms with Crippen LogP contribution in [0.2, 0.25) is 0 Å². The second-order valence-electron chi connectivity index (χ2n) is 3.69. The normalized spacial score (nSPS) is 10.7. The first-order valence-electron chi connectivity index (χ1n) is 5.40. The molecule has 0 spiro atoms. The monoisotopic (exact) mass is 283 g/mol. The molecular formula is C13H17NO4S. The Morgan fingerprint density at radius 3 is 2.21 bits per heavy atom. The maximum atomic E-state index is 9.55. The largest absolute Gasteiger partial charge is 0.478 e. The summed E-state index contributed by atoms with van der Waals surface area (Å²) in [5, 5.41) is 17.7. The van der Waals surface area contributed by atoms with Gasteiger partial charge >= 0.3 is 11.9 Å². The predicted octanol–water partition coefficient (Wildman–Crippen LogP) is 2.03. The summed E-state index contributed by atoms with van der Waals surface area (Å²) in [6, 6.07) is 4.19. The van der Waals surface area contributed by atoms with Gasteiger partial charge in [0.1, 0.15) is 0 Å². The van der Waals surface area contributed by atoms with Gasteiger partial charge in [0.25, 0.3) is 0 Å². The summed E-state index contributed by atoms with van der Waals surface area (Å²) in [6.07, 6.45) is 5.45. The molecule has 2 N–H and O–H groups in total. The lowest BCUT2D eigenvalue weighted by Crippen LogP contribution is -2.10. The van der Waals surface area contributed by atoms with Crippen LogP contribution in [0.5, 0.6) is 0 Å². The van der Waals surface area contributed by atoms with Gasteiger partial charge in [0.15, 0.2) is 0 Å². The molecule has 0 unspecified atom stereocenters. The van der Waals surface area contributed by atoms with E-state index < -0.39 is 11.9 Å². The van der Waals surface area contributed by atoms with Crippen LogP contribution in [0.1, 0.15) is 4.88 Å². The number of aliphatic carboxylic acids is 2. The van der Waals surface area contributed by atoms with Crippen molar-refractivity contribution in [3.8, 4) is 0 Å². The summed E-state index contributed by atoms with van der Waals surface area (Å²) >= 11 is 1.77. The third kappa shape index (κ3) is 12.3. The van der Waals surface area contributed by atoms with E-state index in [2.05, 4.69) is 48.7 Å². The molecule has 0 atom stereocenters. The molecule has 0 fully saturated rings. The lowest BCUT2D eigenvalue weighted by molar-refractivity contribution is -0.134. The molecule has 5 nitrogen and oxygen atoms in total. The Balaban J connectivity index is 0.000000362. The minimum Gasteiger partial charge on any atom is -0.478 e. The molecule has 1 aromatic heterocycles. The van der Waals surface area contributed by atoms with Crippen molar-refractivity contribution in [2.24, 2.45) is 0 Å². The lowest BCUT2D eigenvalue weighted by Gasteiger charge is -2.02. The van der Waals surface area contributed by atoms with Gasteiger partial charge in [-0.05, 0) is 31.6 Å². The number of likely N-dealkylation sites (N-methyl/N-ethyl adjacent to an activating group) is 1. The predicted molar refractivity (Wildman–Crippen MR) is 76.3 cm³/mol. The molecule has 1 aromatic rings. The van der Waals surface area contributed by atoms with Gasteiger partial charge in [-0.2, -0.15) is 0 Å². The van der Waals surface area contributed by atoms with E-state index in [1.807, 2.05) is 0 Å². The van der Waals surface area contributed by atoms with Crippen LogP contribution in [0, 0.1) is 0 Å². The van der Waals surface area contributed by atoms with Gasteiger partial charge in [-0.1, -0.05) is 12.1 Å². The van der Waals surface area contributed by atoms with Crippen molar-refractivity contribution in [2.45, 2.75) is 0 Å². The summed E-state index contributed by atoms with van der Waals surface area (Å²) in [7, 11) is 4.14. The number of nitrogens with zero attached hydrogens (tertiary/aromatic N) is 1. The Bertz CT molecular complexity index is 420. The lowest BCUT2D eigenvalue weighted by atomic mass is 10.4. The first-order chi connectivity index (χ1) is 8.91. The maximum Gasteiger partial charge on any atom is 0.328 e. The molecule has 6 heteroatoms. The van der Waals surface area contributed by atoms with Crippen molar-refractivity contribution in [3.05, 3.63) is 40.6 Å². The Kier molecular flexibility index (Phi) is 9.03. The molecule has 0 aliphatic carbocycles. The van der Waals surface area contributed by atoms with Crippen LogP contribution in [0.3, 0.4) is 0 Å². The number of carbonyl (C=O) groups is 2. The molecule has 0 aromatic carbocycles. The van der Waals surface area contributed by atoms with Gasteiger partial charge in [-0.15, -0.1) is 11.3 Å². The fraction of sp³-hybridized carbons (Fsp3) is 0.231. The average molecular weight is 283 g/mol. The Morgan fingerprint density at radius 1 is 1.26 bits per heavy atom. The fourth-order valence-electron chi connectivity index (χ4n) is 0.908. The van der Waals surface area contributed by atoms with E-state index in [9.17, 15) is 9.59 Å². The molecule has 0 bridgehead atoms. The third-order valence-electron chi connectivity index (χ3n) is 1.66. The van der Waals surface area contributed by atoms with Gasteiger partial charge in [-0.3, -0.25) is 0 Å². The second-order valence-corrected chi connectivity index (χ2v) is 4.67. The second kappa shape index (κ2) is 10.0. The topological polar surface area (TPSA) is 77.8 Å². The highest BCUT2D eigenvalue weighted by Crippen LogP contribution is 2.09. The van der Waals surface area contributed by atoms with Crippen molar-refractivity contribution in [3.63, 3.8) is 0 Å². The molecule has 19 heavy (non-hydrogen) atoms. The van der Waals surface area contributed by atoms with Crippen LogP contribution in [0.4, 0.5) is 0 Å². The van der Waals surface area contributed by atoms with Gasteiger partial charge in [0, 0.05) is 23.6 Å². The fourth-order valence-corrected chi connectivity index (χ4v) is 1.55. The van der Waals surface area contributed by atoms with Gasteiger partial charge < -0.3 is 15.1 Å². The van der Waals surface area contributed by atoms with E-state index in [0.717, 1.165) is 6.54 Å². The Hall–Kier alpha value is -1.92. The minimum absolute atomic E-state index is 0.558. The molecule has 1 heterocycles. The van der Waals surface area contributed by atoms with Crippen molar-refractivity contribution < 1.29 is 19.8 Å². The first-order valence-corrected chi connectivity index (χ1v) is 6.28. The summed E-state index contributed by atoms with van der Waals surface area (Å²) in [5.74, 6) is -2.51. The highest BCUT2D eigenvalue weighted by molar-refractivity contribution is 7.10. The maximum absolute atomic E-state index is 9.55. The highest BCUT2D eigenvalue weighted by atomic mass is 32.1. The Morgan fingerprint density at radius 2 is 1.84 bits per heavy atom. The van der Waals surface area contributed by atoms with Crippen LogP contribution in [-0.4, -0.2) is 47.7 Å². The number of hydrogen-bond acceptors (Lipinski definition) is 4. The van der Waals surface area contributed by atoms with E-state index in [-0.39, 0.29) is 0 Å². The van der Waals surface area contributed by atoms with Crippen molar-refractivity contribution in [1.29, 1.82) is 0 Å². The zero-order valence-corrected chi connectivity index (χ0v) is 11.6. The number of carboxylic acids is 2. The zero-order valence-electron chi connectivity index (χ0n) is 10.8. The summed E-state index contributed by atoms with van der Waals surface area (Å²) in [5.41, 5.74) is 0. The first kappa shape index (κ1) is 17.1. The molecule has 0 aliphatic rings. The highest BCUT2D eigenvalue weighted by Gasteiger charge is 1.88. The van der Waals surface area contributed by atoms with Gasteiger partial charge in [0.05, 0.1) is 0 Å². The van der Waals surface area contributed by atoms with Crippen LogP contribution >= 0.6 is 11.3 Å². The number of rotatable bonds is 5. The van der Waals surface area contributed by atoms with E-state index in [1.165, 1.54) is 4.88 Å². The van der Waals surface area contributed by atoms with Gasteiger partial charge in [-0.25, -0.2) is 9.59 Å². The van der Waals surface area contributed by atoms with Crippen molar-refractivity contribution in [2.75, 3.05) is 20.6 Å². The number of carboxylic acid groups (broad SMARTS) is 2. The molecule has 0 amide bonds. The van der Waals surface area contributed by atoms with E-state index >= 15 is 0 Å². The molecular weight excluding hydrogens is 266 g/mol. The van der Waals surface area contributed by atoms with E-state index in [4.69, 9.17) is 10.2 Å². The minimum atomic E-state index is -1.26. The van der Waals surface area contributed by atoms with E-state index in [1.54, 1.807) is 11.3 Å². The average Bonchev–Trinajstić information content (AvgIpc) is 2.80. The van der Waals surface area contributed by atoms with Crippen LogP contribution in [0.15, 0.2) is 35.7 Å². The number of hydrogen-bond donors (Lipinski definition) is 2. The molecule has 0 saturated carbocycles. The van der Waals surface area contributed by atoms with Crippen molar-refractivity contribution in [1.82, 2.24) is 4.90 Å². The quantitative estimate of drug-likeness (QED) is 0.808. The zero-order chi connectivity index (χ0) is 14.7. The summed E-state index contributed by atoms with van der Waals surface area (Å²) < 4.78 is 0. The molecule has 104 valence electrons.